The third kappa shape index (κ3) is 1.70. The van der Waals surface area contributed by atoms with Gasteiger partial charge < -0.3 is 0 Å². The Morgan fingerprint density at radius 1 is 1.58 bits per heavy atom. The van der Waals surface area contributed by atoms with Gasteiger partial charge in [-0.3, -0.25) is 4.79 Å². The molecule has 0 spiro atoms. The summed E-state index contributed by atoms with van der Waals surface area (Å²) < 4.78 is 0. The molecule has 12 heavy (non-hydrogen) atoms. The fourth-order valence-electron chi connectivity index (χ4n) is 1.09. The van der Waals surface area contributed by atoms with Crippen LogP contribution in [-0.2, 0) is 6.42 Å². The molecule has 0 aliphatic heterocycles. The maximum atomic E-state index is 10.5. The van der Waals surface area contributed by atoms with Crippen LogP contribution in [0.3, 0.4) is 0 Å². The van der Waals surface area contributed by atoms with Gasteiger partial charge in [-0.15, -0.1) is 0 Å². The van der Waals surface area contributed by atoms with Crippen molar-refractivity contribution in [2.45, 2.75) is 13.3 Å². The Bertz CT molecular complexity index is 336. The van der Waals surface area contributed by atoms with E-state index in [-0.39, 0.29) is 0 Å². The number of hydrogen-bond acceptors (Lipinski definition) is 2. The summed E-state index contributed by atoms with van der Waals surface area (Å²) in [5.74, 6) is 0. The molecule has 1 rings (SSSR count). The lowest BCUT2D eigenvalue weighted by atomic mass is 10.0. The van der Waals surface area contributed by atoms with Gasteiger partial charge in [0.25, 0.3) is 0 Å². The second kappa shape index (κ2) is 3.68. The fraction of sp³-hybridized carbons (Fsp3) is 0.200. The topological polar surface area (TPSA) is 40.9 Å². The first-order valence-corrected chi connectivity index (χ1v) is 3.69. The Kier molecular flexibility index (Phi) is 2.60. The SMILES string of the molecule is Cc1ccc(C=O)c(CC#N)c1. The summed E-state index contributed by atoms with van der Waals surface area (Å²) in [6.45, 7) is 1.94. The number of rotatable bonds is 2. The first-order chi connectivity index (χ1) is 5.77. The van der Waals surface area contributed by atoms with Crippen molar-refractivity contribution in [1.29, 1.82) is 5.26 Å². The monoisotopic (exact) mass is 159 g/mol. The normalized spacial score (nSPS) is 9.00. The van der Waals surface area contributed by atoms with E-state index in [2.05, 4.69) is 0 Å². The third-order valence-electron chi connectivity index (χ3n) is 1.69. The summed E-state index contributed by atoms with van der Waals surface area (Å²) in [6, 6.07) is 7.51. The molecule has 0 saturated heterocycles. The smallest absolute Gasteiger partial charge is 0.150 e. The summed E-state index contributed by atoms with van der Waals surface area (Å²) in [5.41, 5.74) is 2.50. The van der Waals surface area contributed by atoms with Crippen LogP contribution >= 0.6 is 0 Å². The molecule has 0 N–H and O–H groups in total. The van der Waals surface area contributed by atoms with Gasteiger partial charge in [0.2, 0.25) is 0 Å². The third-order valence-corrected chi connectivity index (χ3v) is 1.69. The summed E-state index contributed by atoms with van der Waals surface area (Å²) in [7, 11) is 0. The molecule has 0 aromatic heterocycles. The van der Waals surface area contributed by atoms with Crippen molar-refractivity contribution in [1.82, 2.24) is 0 Å². The molecule has 0 saturated carbocycles. The molecular formula is C10H9NO. The number of carbonyl (C=O) groups is 1. The minimum Gasteiger partial charge on any atom is -0.298 e. The Morgan fingerprint density at radius 2 is 2.33 bits per heavy atom. The number of aldehydes is 1. The van der Waals surface area contributed by atoms with E-state index in [1.54, 1.807) is 6.07 Å². The second-order valence-corrected chi connectivity index (χ2v) is 2.66. The highest BCUT2D eigenvalue weighted by molar-refractivity contribution is 5.77. The zero-order chi connectivity index (χ0) is 8.97. The Hall–Kier alpha value is -1.62. The fourth-order valence-corrected chi connectivity index (χ4v) is 1.09. The van der Waals surface area contributed by atoms with Crippen molar-refractivity contribution in [2.75, 3.05) is 0 Å². The van der Waals surface area contributed by atoms with Crippen LogP contribution in [0.4, 0.5) is 0 Å². The number of carbonyl (C=O) groups excluding carboxylic acids is 1. The zero-order valence-corrected chi connectivity index (χ0v) is 6.87. The van der Waals surface area contributed by atoms with E-state index in [4.69, 9.17) is 5.26 Å². The van der Waals surface area contributed by atoms with Crippen molar-refractivity contribution in [3.8, 4) is 6.07 Å². The highest BCUT2D eigenvalue weighted by atomic mass is 16.1. The van der Waals surface area contributed by atoms with Crippen molar-refractivity contribution >= 4 is 6.29 Å². The summed E-state index contributed by atoms with van der Waals surface area (Å²) in [6.07, 6.45) is 1.09. The van der Waals surface area contributed by atoms with Crippen molar-refractivity contribution in [3.05, 3.63) is 34.9 Å². The summed E-state index contributed by atoms with van der Waals surface area (Å²) >= 11 is 0. The molecule has 1 aromatic carbocycles. The molecule has 1 aromatic rings. The first-order valence-electron chi connectivity index (χ1n) is 3.69. The molecule has 0 aliphatic rings. The average Bonchev–Trinajstić information content (AvgIpc) is 2.05. The molecule has 0 radical (unpaired) electrons. The van der Waals surface area contributed by atoms with E-state index in [0.717, 1.165) is 17.4 Å². The van der Waals surface area contributed by atoms with Gasteiger partial charge in [-0.05, 0) is 12.5 Å². The standard InChI is InChI=1S/C10H9NO/c1-8-2-3-10(7-12)9(6-8)4-5-11/h2-3,6-7H,4H2,1H3. The quantitative estimate of drug-likeness (QED) is 0.618. The molecule has 0 bridgehead atoms. The number of hydrogen-bond donors (Lipinski definition) is 0. The van der Waals surface area contributed by atoms with Crippen LogP contribution in [0.15, 0.2) is 18.2 Å². The Morgan fingerprint density at radius 3 is 2.92 bits per heavy atom. The molecule has 2 heteroatoms. The summed E-state index contributed by atoms with van der Waals surface area (Å²) in [5, 5.41) is 8.46. The minimum atomic E-state index is 0.301. The van der Waals surface area contributed by atoms with Crippen LogP contribution in [0.1, 0.15) is 21.5 Å². The number of benzene rings is 1. The zero-order valence-electron chi connectivity index (χ0n) is 6.87. The van der Waals surface area contributed by atoms with Crippen LogP contribution in [0.5, 0.6) is 0 Å². The molecule has 0 atom stereocenters. The van der Waals surface area contributed by atoms with Crippen molar-refractivity contribution in [2.24, 2.45) is 0 Å². The van der Waals surface area contributed by atoms with E-state index in [0.29, 0.717) is 12.0 Å². The van der Waals surface area contributed by atoms with Gasteiger partial charge in [0.05, 0.1) is 12.5 Å². The van der Waals surface area contributed by atoms with Gasteiger partial charge >= 0.3 is 0 Å². The maximum Gasteiger partial charge on any atom is 0.150 e. The first kappa shape index (κ1) is 8.48. The van der Waals surface area contributed by atoms with Gasteiger partial charge in [0.15, 0.2) is 0 Å². The average molecular weight is 159 g/mol. The van der Waals surface area contributed by atoms with E-state index in [9.17, 15) is 4.79 Å². The Balaban J connectivity index is 3.14. The Labute approximate surface area is 71.4 Å². The lowest BCUT2D eigenvalue weighted by molar-refractivity contribution is 0.112. The molecule has 0 heterocycles. The van der Waals surface area contributed by atoms with Crippen LogP contribution in [0.2, 0.25) is 0 Å². The van der Waals surface area contributed by atoms with Gasteiger partial charge in [-0.1, -0.05) is 23.8 Å². The van der Waals surface area contributed by atoms with E-state index in [1.165, 1.54) is 0 Å². The molecule has 0 aliphatic carbocycles. The maximum absolute atomic E-state index is 10.5. The van der Waals surface area contributed by atoms with Crippen molar-refractivity contribution in [3.63, 3.8) is 0 Å². The van der Waals surface area contributed by atoms with Crippen LogP contribution in [0.25, 0.3) is 0 Å². The molecule has 0 amide bonds. The minimum absolute atomic E-state index is 0.301. The van der Waals surface area contributed by atoms with Crippen LogP contribution in [0, 0.1) is 18.3 Å². The highest BCUT2D eigenvalue weighted by Crippen LogP contribution is 2.09. The lowest BCUT2D eigenvalue weighted by Gasteiger charge is -2.00. The van der Waals surface area contributed by atoms with E-state index < -0.39 is 0 Å². The largest absolute Gasteiger partial charge is 0.298 e. The van der Waals surface area contributed by atoms with Crippen LogP contribution < -0.4 is 0 Å². The predicted octanol–water partition coefficient (Wildman–Crippen LogP) is 1.87. The highest BCUT2D eigenvalue weighted by Gasteiger charge is 1.99. The summed E-state index contributed by atoms with van der Waals surface area (Å²) in [4.78, 5) is 10.5. The van der Waals surface area contributed by atoms with Gasteiger partial charge in [0.1, 0.15) is 6.29 Å². The number of aryl methyl sites for hydroxylation is 1. The lowest BCUT2D eigenvalue weighted by Crippen LogP contribution is -1.91. The van der Waals surface area contributed by atoms with Gasteiger partial charge in [-0.2, -0.15) is 5.26 Å². The number of nitrogens with zero attached hydrogens (tertiary/aromatic N) is 1. The molecular weight excluding hydrogens is 150 g/mol. The van der Waals surface area contributed by atoms with Gasteiger partial charge in [-0.25, -0.2) is 0 Å². The van der Waals surface area contributed by atoms with Crippen molar-refractivity contribution < 1.29 is 4.79 Å². The second-order valence-electron chi connectivity index (χ2n) is 2.66. The van der Waals surface area contributed by atoms with E-state index >= 15 is 0 Å². The molecule has 60 valence electrons. The number of nitriles is 1. The predicted molar refractivity (Wildman–Crippen MR) is 45.9 cm³/mol. The van der Waals surface area contributed by atoms with Gasteiger partial charge in [0, 0.05) is 5.56 Å². The molecule has 0 fully saturated rings. The van der Waals surface area contributed by atoms with E-state index in [1.807, 2.05) is 25.1 Å². The molecule has 2 nitrogen and oxygen atoms in total. The molecule has 0 unspecified atom stereocenters. The van der Waals surface area contributed by atoms with Crippen LogP contribution in [-0.4, -0.2) is 6.29 Å².